The van der Waals surface area contributed by atoms with Crippen molar-refractivity contribution in [2.24, 2.45) is 0 Å². The van der Waals surface area contributed by atoms with E-state index in [-0.39, 0.29) is 16.8 Å². The van der Waals surface area contributed by atoms with E-state index in [4.69, 9.17) is 33.3 Å². The quantitative estimate of drug-likeness (QED) is 0.609. The van der Waals surface area contributed by atoms with Crippen molar-refractivity contribution in [2.75, 3.05) is 5.32 Å². The number of thiocarbonyl (C=S) groups is 1. The fraction of sp³-hybridized carbons (Fsp3) is 0.222. The Morgan fingerprint density at radius 3 is 2.58 bits per heavy atom. The molecule has 0 amide bonds. The number of rotatable bonds is 5. The van der Waals surface area contributed by atoms with Crippen molar-refractivity contribution in [2.45, 2.75) is 26.6 Å². The number of nitrogens with one attached hydrogen (secondary N) is 1. The molecular weight excluding hydrogens is 346 g/mol. The Morgan fingerprint density at radius 1 is 1.21 bits per heavy atom. The molecule has 6 heteroatoms. The van der Waals surface area contributed by atoms with E-state index in [1.807, 2.05) is 30.3 Å². The van der Waals surface area contributed by atoms with Gasteiger partial charge < -0.3 is 14.8 Å². The largest absolute Gasteiger partial charge is 0.466 e. The van der Waals surface area contributed by atoms with Crippen LogP contribution in [0.15, 0.2) is 48.5 Å². The van der Waals surface area contributed by atoms with E-state index in [1.54, 1.807) is 32.0 Å². The first kappa shape index (κ1) is 18.2. The number of carbonyl (C=O) groups is 1. The molecule has 0 unspecified atom stereocenters. The topological polar surface area (TPSA) is 47.6 Å². The van der Waals surface area contributed by atoms with Crippen LogP contribution < -0.4 is 5.32 Å². The van der Waals surface area contributed by atoms with E-state index >= 15 is 0 Å². The van der Waals surface area contributed by atoms with Gasteiger partial charge in [-0.25, -0.2) is 4.79 Å². The third kappa shape index (κ3) is 5.51. The van der Waals surface area contributed by atoms with Crippen molar-refractivity contribution >= 4 is 40.7 Å². The first-order chi connectivity index (χ1) is 11.5. The van der Waals surface area contributed by atoms with Crippen LogP contribution in [0.1, 0.15) is 29.8 Å². The lowest BCUT2D eigenvalue weighted by Gasteiger charge is -2.13. The number of carbonyl (C=O) groups excluding carboxylic acids is 1. The molecule has 4 nitrogen and oxygen atoms in total. The molecule has 0 heterocycles. The van der Waals surface area contributed by atoms with Gasteiger partial charge in [0.2, 0.25) is 0 Å². The Bertz CT molecular complexity index is 719. The summed E-state index contributed by atoms with van der Waals surface area (Å²) in [5, 5.41) is 3.46. The van der Waals surface area contributed by atoms with Crippen molar-refractivity contribution in [1.29, 1.82) is 0 Å². The average Bonchev–Trinajstić information content (AvgIpc) is 2.55. The lowest BCUT2D eigenvalue weighted by Crippen LogP contribution is -2.15. The maximum Gasteiger partial charge on any atom is 0.339 e. The van der Waals surface area contributed by atoms with Gasteiger partial charge in [-0.15, -0.1) is 0 Å². The van der Waals surface area contributed by atoms with Crippen LogP contribution in [0, 0.1) is 0 Å². The highest BCUT2D eigenvalue weighted by Crippen LogP contribution is 2.22. The molecule has 0 aliphatic carbocycles. The number of anilines is 1. The van der Waals surface area contributed by atoms with Crippen LogP contribution in [0.5, 0.6) is 0 Å². The Hall–Kier alpha value is -2.11. The Kier molecular flexibility index (Phi) is 6.58. The molecule has 0 spiro atoms. The highest BCUT2D eigenvalue weighted by molar-refractivity contribution is 7.80. The average molecular weight is 364 g/mol. The molecule has 0 aliphatic heterocycles. The van der Waals surface area contributed by atoms with Gasteiger partial charge in [-0.1, -0.05) is 41.9 Å². The van der Waals surface area contributed by atoms with Gasteiger partial charge in [0.1, 0.15) is 6.61 Å². The fourth-order valence-electron chi connectivity index (χ4n) is 1.91. The molecule has 2 aromatic rings. The minimum atomic E-state index is -0.477. The highest BCUT2D eigenvalue weighted by atomic mass is 35.5. The monoisotopic (exact) mass is 363 g/mol. The molecule has 0 aromatic heterocycles. The SMILES string of the molecule is CC(C)OC(=O)c1cc(NC(=S)OCc2ccccc2)ccc1Cl. The molecule has 0 atom stereocenters. The third-order valence-corrected chi connectivity index (χ3v) is 3.54. The maximum atomic E-state index is 12.0. The normalized spacial score (nSPS) is 10.3. The van der Waals surface area contributed by atoms with Gasteiger partial charge in [0.15, 0.2) is 0 Å². The van der Waals surface area contributed by atoms with E-state index in [9.17, 15) is 4.79 Å². The number of hydrogen-bond acceptors (Lipinski definition) is 4. The zero-order chi connectivity index (χ0) is 17.5. The fourth-order valence-corrected chi connectivity index (χ4v) is 2.29. The molecule has 0 bridgehead atoms. The summed E-state index contributed by atoms with van der Waals surface area (Å²) < 4.78 is 10.7. The van der Waals surface area contributed by atoms with Gasteiger partial charge in [0, 0.05) is 5.69 Å². The van der Waals surface area contributed by atoms with Crippen LogP contribution in [0.4, 0.5) is 5.69 Å². The molecule has 0 aliphatic rings. The summed E-state index contributed by atoms with van der Waals surface area (Å²) in [4.78, 5) is 12.0. The van der Waals surface area contributed by atoms with E-state index in [0.717, 1.165) is 5.56 Å². The Labute approximate surface area is 151 Å². The second-order valence-corrected chi connectivity index (χ2v) is 6.11. The summed E-state index contributed by atoms with van der Waals surface area (Å²) >= 11 is 11.2. The minimum absolute atomic E-state index is 0.212. The molecule has 2 rings (SSSR count). The third-order valence-electron chi connectivity index (χ3n) is 2.99. The zero-order valence-corrected chi connectivity index (χ0v) is 15.0. The molecule has 0 radical (unpaired) electrons. The summed E-state index contributed by atoms with van der Waals surface area (Å²) in [6.07, 6.45) is -0.222. The number of esters is 1. The van der Waals surface area contributed by atoms with E-state index < -0.39 is 5.97 Å². The van der Waals surface area contributed by atoms with Gasteiger partial charge in [-0.05, 0) is 49.8 Å². The summed E-state index contributed by atoms with van der Waals surface area (Å²) in [7, 11) is 0. The summed E-state index contributed by atoms with van der Waals surface area (Å²) in [5.41, 5.74) is 1.90. The van der Waals surface area contributed by atoms with Crippen molar-refractivity contribution in [3.05, 3.63) is 64.7 Å². The molecular formula is C18H18ClNO3S. The van der Waals surface area contributed by atoms with Crippen molar-refractivity contribution in [1.82, 2.24) is 0 Å². The van der Waals surface area contributed by atoms with Crippen LogP contribution in [0.2, 0.25) is 5.02 Å². The molecule has 2 aromatic carbocycles. The lowest BCUT2D eigenvalue weighted by molar-refractivity contribution is 0.0378. The summed E-state index contributed by atoms with van der Waals surface area (Å²) in [5.74, 6) is -0.477. The lowest BCUT2D eigenvalue weighted by atomic mass is 10.2. The zero-order valence-electron chi connectivity index (χ0n) is 13.4. The number of benzene rings is 2. The standard InChI is InChI=1S/C18H18ClNO3S/c1-12(2)23-17(21)15-10-14(8-9-16(15)19)20-18(24)22-11-13-6-4-3-5-7-13/h3-10,12H,11H2,1-2H3,(H,20,24). The minimum Gasteiger partial charge on any atom is -0.466 e. The summed E-state index contributed by atoms with van der Waals surface area (Å²) in [6.45, 7) is 3.92. The predicted molar refractivity (Wildman–Crippen MR) is 99.5 cm³/mol. The molecule has 0 saturated carbocycles. The van der Waals surface area contributed by atoms with Gasteiger partial charge in [-0.3, -0.25) is 0 Å². The van der Waals surface area contributed by atoms with Crippen LogP contribution in [-0.4, -0.2) is 17.2 Å². The van der Waals surface area contributed by atoms with Crippen molar-refractivity contribution < 1.29 is 14.3 Å². The molecule has 1 N–H and O–H groups in total. The van der Waals surface area contributed by atoms with Crippen molar-refractivity contribution in [3.63, 3.8) is 0 Å². The predicted octanol–water partition coefficient (Wildman–Crippen LogP) is 4.82. The van der Waals surface area contributed by atoms with Crippen molar-refractivity contribution in [3.8, 4) is 0 Å². The molecule has 0 saturated heterocycles. The molecule has 0 fully saturated rings. The molecule has 24 heavy (non-hydrogen) atoms. The Balaban J connectivity index is 1.99. The molecule has 126 valence electrons. The van der Waals surface area contributed by atoms with E-state index in [2.05, 4.69) is 5.32 Å². The van der Waals surface area contributed by atoms with Gasteiger partial charge >= 0.3 is 5.97 Å². The summed E-state index contributed by atoms with van der Waals surface area (Å²) in [6, 6.07) is 14.6. The van der Waals surface area contributed by atoms with Gasteiger partial charge in [0.25, 0.3) is 5.17 Å². The van der Waals surface area contributed by atoms with Gasteiger partial charge in [-0.2, -0.15) is 0 Å². The first-order valence-electron chi connectivity index (χ1n) is 7.44. The number of hydrogen-bond donors (Lipinski definition) is 1. The first-order valence-corrected chi connectivity index (χ1v) is 8.22. The highest BCUT2D eigenvalue weighted by Gasteiger charge is 2.14. The second kappa shape index (κ2) is 8.66. The van der Waals surface area contributed by atoms with Crippen LogP contribution >= 0.6 is 23.8 Å². The van der Waals surface area contributed by atoms with E-state index in [1.165, 1.54) is 0 Å². The van der Waals surface area contributed by atoms with Crippen LogP contribution in [0.25, 0.3) is 0 Å². The van der Waals surface area contributed by atoms with Crippen LogP contribution in [0.3, 0.4) is 0 Å². The van der Waals surface area contributed by atoms with Crippen LogP contribution in [-0.2, 0) is 16.1 Å². The maximum absolute atomic E-state index is 12.0. The van der Waals surface area contributed by atoms with E-state index in [0.29, 0.717) is 17.3 Å². The number of ether oxygens (including phenoxy) is 2. The smallest absolute Gasteiger partial charge is 0.339 e. The van der Waals surface area contributed by atoms with Gasteiger partial charge in [0.05, 0.1) is 16.7 Å². The Morgan fingerprint density at radius 2 is 1.92 bits per heavy atom. The number of halogens is 1. The second-order valence-electron chi connectivity index (χ2n) is 5.34.